The third-order valence-electron chi connectivity index (χ3n) is 4.81. The second kappa shape index (κ2) is 6.66. The van der Waals surface area contributed by atoms with Crippen molar-refractivity contribution in [3.63, 3.8) is 0 Å². The van der Waals surface area contributed by atoms with Crippen LogP contribution in [-0.2, 0) is 19.1 Å². The van der Waals surface area contributed by atoms with Gasteiger partial charge in [-0.2, -0.15) is 0 Å². The van der Waals surface area contributed by atoms with Gasteiger partial charge in [0.25, 0.3) is 5.69 Å². The number of carbonyl (C=O) groups excluding carboxylic acids is 2. The first-order valence-corrected chi connectivity index (χ1v) is 8.30. The topological polar surface area (TPSA) is 95.7 Å². The molecule has 0 saturated carbocycles. The van der Waals surface area contributed by atoms with Crippen molar-refractivity contribution in [1.82, 2.24) is 0 Å². The van der Waals surface area contributed by atoms with Crippen LogP contribution in [0.1, 0.15) is 36.8 Å². The summed E-state index contributed by atoms with van der Waals surface area (Å²) in [4.78, 5) is 36.1. The van der Waals surface area contributed by atoms with E-state index in [4.69, 9.17) is 9.47 Å². The van der Waals surface area contributed by atoms with E-state index in [1.165, 1.54) is 6.07 Å². The maximum atomic E-state index is 12.6. The Bertz CT molecular complexity index is 756. The molecule has 1 aromatic rings. The number of esters is 2. The predicted octanol–water partition coefficient (Wildman–Crippen LogP) is 2.70. The van der Waals surface area contributed by atoms with Crippen LogP contribution in [-0.4, -0.2) is 30.1 Å². The molecule has 3 aliphatic carbocycles. The third-order valence-corrected chi connectivity index (χ3v) is 4.81. The number of carbonyl (C=O) groups is 2. The largest absolute Gasteiger partial charge is 0.466 e. The van der Waals surface area contributed by atoms with Crippen LogP contribution in [0.2, 0.25) is 0 Å². The number of hydrogen-bond donors (Lipinski definition) is 0. The summed E-state index contributed by atoms with van der Waals surface area (Å²) in [6, 6.07) is 4.80. The number of nitro groups is 1. The molecule has 0 spiro atoms. The zero-order valence-corrected chi connectivity index (χ0v) is 14.0. The number of nitrogens with zero attached hydrogens (tertiary/aromatic N) is 1. The maximum absolute atomic E-state index is 12.6. The number of allylic oxidation sites excluding steroid dienone is 2. The Balaban J connectivity index is 2.15. The molecule has 0 fully saturated rings. The van der Waals surface area contributed by atoms with E-state index in [9.17, 15) is 19.7 Å². The molecular weight excluding hydrogens is 326 g/mol. The molecule has 2 bridgehead atoms. The van der Waals surface area contributed by atoms with Gasteiger partial charge in [0, 0.05) is 23.5 Å². The number of benzene rings is 1. The SMILES string of the molecule is CCOC(=O)[C@H]1[C@H](C(=O)OCC)[C@H]2C=C[C@H]1c1cccc([N+](=O)[O-])c12. The molecule has 0 aliphatic heterocycles. The average molecular weight is 345 g/mol. The monoisotopic (exact) mass is 345 g/mol. The Kier molecular flexibility index (Phi) is 4.57. The molecule has 3 aliphatic rings. The molecule has 132 valence electrons. The van der Waals surface area contributed by atoms with E-state index in [1.54, 1.807) is 32.1 Å². The lowest BCUT2D eigenvalue weighted by atomic mass is 9.59. The minimum absolute atomic E-state index is 0.0338. The second-order valence-corrected chi connectivity index (χ2v) is 6.03. The standard InChI is InChI=1S/C18H19NO6/c1-3-24-17(20)15-11-8-9-12(16(15)18(21)25-4-2)14-10(11)6-5-7-13(14)19(22)23/h5-9,11-12,15-16H,3-4H2,1-2H3/t11-,12-,15+,16+/m0/s1. The van der Waals surface area contributed by atoms with E-state index in [0.717, 1.165) is 0 Å². The highest BCUT2D eigenvalue weighted by Gasteiger charge is 2.54. The molecule has 0 saturated heterocycles. The fraction of sp³-hybridized carbons (Fsp3) is 0.444. The van der Waals surface area contributed by atoms with Crippen molar-refractivity contribution in [2.75, 3.05) is 13.2 Å². The van der Waals surface area contributed by atoms with Crippen LogP contribution in [0.15, 0.2) is 30.4 Å². The highest BCUT2D eigenvalue weighted by atomic mass is 16.6. The van der Waals surface area contributed by atoms with E-state index in [-0.39, 0.29) is 18.9 Å². The van der Waals surface area contributed by atoms with Gasteiger partial charge < -0.3 is 9.47 Å². The Morgan fingerprint density at radius 1 is 1.04 bits per heavy atom. The Labute approximate surface area is 144 Å². The maximum Gasteiger partial charge on any atom is 0.310 e. The van der Waals surface area contributed by atoms with Crippen LogP contribution in [0.3, 0.4) is 0 Å². The summed E-state index contributed by atoms with van der Waals surface area (Å²) in [5, 5.41) is 11.4. The first kappa shape index (κ1) is 17.1. The Hall–Kier alpha value is -2.70. The molecule has 7 heteroatoms. The molecule has 0 N–H and O–H groups in total. The van der Waals surface area contributed by atoms with Crippen LogP contribution in [0.5, 0.6) is 0 Å². The molecular formula is C18H19NO6. The third kappa shape index (κ3) is 2.69. The summed E-state index contributed by atoms with van der Waals surface area (Å²) in [5.74, 6) is -3.56. The summed E-state index contributed by atoms with van der Waals surface area (Å²) in [7, 11) is 0. The summed E-state index contributed by atoms with van der Waals surface area (Å²) < 4.78 is 10.3. The highest BCUT2D eigenvalue weighted by molar-refractivity contribution is 5.87. The summed E-state index contributed by atoms with van der Waals surface area (Å²) in [5.41, 5.74) is 1.17. The van der Waals surface area contributed by atoms with E-state index in [2.05, 4.69) is 0 Å². The first-order valence-electron chi connectivity index (χ1n) is 8.30. The van der Waals surface area contributed by atoms with Crippen LogP contribution in [0.4, 0.5) is 5.69 Å². The van der Waals surface area contributed by atoms with E-state index < -0.39 is 40.5 Å². The fourth-order valence-electron chi connectivity index (χ4n) is 3.95. The van der Waals surface area contributed by atoms with Gasteiger partial charge >= 0.3 is 11.9 Å². The number of nitro benzene ring substituents is 1. The van der Waals surface area contributed by atoms with Gasteiger partial charge in [-0.3, -0.25) is 19.7 Å². The zero-order chi connectivity index (χ0) is 18.1. The molecule has 0 amide bonds. The fourth-order valence-corrected chi connectivity index (χ4v) is 3.95. The minimum atomic E-state index is -0.817. The number of ether oxygens (including phenoxy) is 2. The smallest absolute Gasteiger partial charge is 0.310 e. The van der Waals surface area contributed by atoms with Gasteiger partial charge in [-0.1, -0.05) is 24.3 Å². The van der Waals surface area contributed by atoms with Crippen molar-refractivity contribution in [3.05, 3.63) is 51.6 Å². The van der Waals surface area contributed by atoms with E-state index in [1.807, 2.05) is 6.08 Å². The summed E-state index contributed by atoms with van der Waals surface area (Å²) in [6.45, 7) is 3.76. The van der Waals surface area contributed by atoms with Gasteiger partial charge in [-0.15, -0.1) is 0 Å². The molecule has 25 heavy (non-hydrogen) atoms. The lowest BCUT2D eigenvalue weighted by Gasteiger charge is -2.43. The van der Waals surface area contributed by atoms with Crippen molar-refractivity contribution < 1.29 is 24.0 Å². The molecule has 4 rings (SSSR count). The minimum Gasteiger partial charge on any atom is -0.466 e. The Morgan fingerprint density at radius 2 is 1.60 bits per heavy atom. The van der Waals surface area contributed by atoms with Crippen molar-refractivity contribution in [3.8, 4) is 0 Å². The van der Waals surface area contributed by atoms with Crippen LogP contribution >= 0.6 is 0 Å². The second-order valence-electron chi connectivity index (χ2n) is 6.03. The highest BCUT2D eigenvalue weighted by Crippen LogP contribution is 2.55. The van der Waals surface area contributed by atoms with Crippen LogP contribution in [0.25, 0.3) is 0 Å². The van der Waals surface area contributed by atoms with Crippen molar-refractivity contribution in [1.29, 1.82) is 0 Å². The quantitative estimate of drug-likeness (QED) is 0.352. The molecule has 4 atom stereocenters. The lowest BCUT2D eigenvalue weighted by Crippen LogP contribution is -2.45. The van der Waals surface area contributed by atoms with Gasteiger partial charge in [0.15, 0.2) is 0 Å². The van der Waals surface area contributed by atoms with Gasteiger partial charge in [-0.25, -0.2) is 0 Å². The molecule has 0 unspecified atom stereocenters. The number of hydrogen-bond acceptors (Lipinski definition) is 6. The van der Waals surface area contributed by atoms with Crippen molar-refractivity contribution in [2.24, 2.45) is 11.8 Å². The van der Waals surface area contributed by atoms with E-state index >= 15 is 0 Å². The molecule has 7 nitrogen and oxygen atoms in total. The summed E-state index contributed by atoms with van der Waals surface area (Å²) >= 11 is 0. The number of fused-ring (bicyclic) bond motifs is 1. The molecule has 0 aromatic heterocycles. The van der Waals surface area contributed by atoms with Crippen molar-refractivity contribution >= 4 is 17.6 Å². The molecule has 0 radical (unpaired) electrons. The Morgan fingerprint density at radius 3 is 2.16 bits per heavy atom. The van der Waals surface area contributed by atoms with Gasteiger partial charge in [0.2, 0.25) is 0 Å². The van der Waals surface area contributed by atoms with Crippen LogP contribution < -0.4 is 0 Å². The number of rotatable bonds is 5. The molecule has 1 aromatic carbocycles. The van der Waals surface area contributed by atoms with E-state index in [0.29, 0.717) is 11.1 Å². The van der Waals surface area contributed by atoms with Crippen LogP contribution in [0, 0.1) is 22.0 Å². The molecule has 0 heterocycles. The van der Waals surface area contributed by atoms with Gasteiger partial charge in [0.1, 0.15) is 0 Å². The zero-order valence-electron chi connectivity index (χ0n) is 14.0. The first-order chi connectivity index (χ1) is 12.0. The average Bonchev–Trinajstić information content (AvgIpc) is 2.61. The normalized spacial score (nSPS) is 26.0. The predicted molar refractivity (Wildman–Crippen MR) is 88.0 cm³/mol. The van der Waals surface area contributed by atoms with Gasteiger partial charge in [0.05, 0.1) is 30.0 Å². The van der Waals surface area contributed by atoms with Gasteiger partial charge in [-0.05, 0) is 19.4 Å². The lowest BCUT2D eigenvalue weighted by molar-refractivity contribution is -0.385. The summed E-state index contributed by atoms with van der Waals surface area (Å²) in [6.07, 6.45) is 3.62. The van der Waals surface area contributed by atoms with Crippen molar-refractivity contribution in [2.45, 2.75) is 25.7 Å².